The van der Waals surface area contributed by atoms with Gasteiger partial charge >= 0.3 is 5.97 Å². The first-order chi connectivity index (χ1) is 16.7. The number of aliphatic carboxylic acids is 1. The summed E-state index contributed by atoms with van der Waals surface area (Å²) >= 11 is 15.5. The summed E-state index contributed by atoms with van der Waals surface area (Å²) in [4.78, 5) is 33.3. The number of carboxylic acid groups (broad SMARTS) is 1. The number of hydrogen-bond donors (Lipinski definition) is 3. The lowest BCUT2D eigenvalue weighted by molar-refractivity contribution is -0.145. The van der Waals surface area contributed by atoms with Crippen LogP contribution in [0, 0.1) is 0 Å². The molecule has 1 aliphatic heterocycles. The first-order valence-corrected chi connectivity index (χ1v) is 12.9. The Balaban J connectivity index is 0.00000361. The van der Waals surface area contributed by atoms with Gasteiger partial charge in [-0.25, -0.2) is 4.79 Å². The fourth-order valence-corrected chi connectivity index (χ4v) is 5.86. The SMILES string of the molecule is CC[C@@](Cc1ccc(NC(=O)c2c(Cl)cncc2Cl)cn1)(NC1=C(Br)OC12CCCCC2)C(=O)O.Cl. The maximum atomic E-state index is 12.6. The molecule has 2 aromatic heterocycles. The molecule has 12 heteroatoms. The minimum Gasteiger partial charge on any atom is -0.479 e. The second-order valence-corrected chi connectivity index (χ2v) is 10.4. The number of anilines is 1. The second kappa shape index (κ2) is 11.5. The third kappa shape index (κ3) is 5.59. The molecule has 0 unspecified atom stereocenters. The monoisotopic (exact) mass is 618 g/mol. The van der Waals surface area contributed by atoms with E-state index < -0.39 is 23.0 Å². The summed E-state index contributed by atoms with van der Waals surface area (Å²) in [5.41, 5.74) is 0.214. The van der Waals surface area contributed by atoms with Crippen LogP contribution in [0.25, 0.3) is 0 Å². The minimum absolute atomic E-state index is 0. The Hall–Kier alpha value is -2.07. The predicted molar refractivity (Wildman–Crippen MR) is 144 cm³/mol. The van der Waals surface area contributed by atoms with Gasteiger partial charge in [-0.05, 0) is 60.2 Å². The number of nitrogens with zero attached hydrogens (tertiary/aromatic N) is 2. The van der Waals surface area contributed by atoms with E-state index in [1.54, 1.807) is 12.1 Å². The van der Waals surface area contributed by atoms with Gasteiger partial charge in [0.2, 0.25) is 0 Å². The molecule has 0 saturated heterocycles. The fourth-order valence-electron chi connectivity index (χ4n) is 4.56. The van der Waals surface area contributed by atoms with Gasteiger partial charge in [-0.1, -0.05) is 36.5 Å². The molecule has 36 heavy (non-hydrogen) atoms. The van der Waals surface area contributed by atoms with Gasteiger partial charge in [-0.3, -0.25) is 14.8 Å². The highest BCUT2D eigenvalue weighted by Gasteiger charge is 2.52. The Morgan fingerprint density at radius 3 is 2.36 bits per heavy atom. The molecule has 0 aromatic carbocycles. The van der Waals surface area contributed by atoms with E-state index in [4.69, 9.17) is 27.9 Å². The minimum atomic E-state index is -1.27. The number of carboxylic acids is 1. The van der Waals surface area contributed by atoms with Gasteiger partial charge in [0.05, 0.1) is 27.5 Å². The zero-order chi connectivity index (χ0) is 25.2. The smallest absolute Gasteiger partial charge is 0.329 e. The van der Waals surface area contributed by atoms with Gasteiger partial charge in [0.25, 0.3) is 5.91 Å². The molecule has 8 nitrogen and oxygen atoms in total. The molecular formula is C24H26BrCl3N4O4. The molecule has 0 radical (unpaired) electrons. The van der Waals surface area contributed by atoms with Gasteiger partial charge in [-0.15, -0.1) is 12.4 Å². The number of rotatable bonds is 8. The molecule has 2 aliphatic rings. The van der Waals surface area contributed by atoms with Crippen molar-refractivity contribution >= 4 is 69.1 Å². The summed E-state index contributed by atoms with van der Waals surface area (Å²) in [6, 6.07) is 3.35. The van der Waals surface area contributed by atoms with Crippen molar-refractivity contribution in [3.05, 3.63) is 62.4 Å². The third-order valence-corrected chi connectivity index (χ3v) is 7.75. The Morgan fingerprint density at radius 1 is 1.17 bits per heavy atom. The van der Waals surface area contributed by atoms with Gasteiger partial charge in [-0.2, -0.15) is 0 Å². The second-order valence-electron chi connectivity index (χ2n) is 8.82. The average Bonchev–Trinajstić information content (AvgIpc) is 2.83. The van der Waals surface area contributed by atoms with E-state index >= 15 is 0 Å². The molecule has 1 amide bonds. The molecule has 1 aliphatic carbocycles. The molecule has 3 heterocycles. The summed E-state index contributed by atoms with van der Waals surface area (Å²) in [5.74, 6) is -1.46. The molecule has 2 aromatic rings. The van der Waals surface area contributed by atoms with E-state index in [2.05, 4.69) is 36.5 Å². The van der Waals surface area contributed by atoms with Crippen LogP contribution in [-0.2, 0) is 16.0 Å². The third-order valence-electron chi connectivity index (χ3n) is 6.62. The number of pyridine rings is 2. The summed E-state index contributed by atoms with van der Waals surface area (Å²) in [5, 5.41) is 16.5. The van der Waals surface area contributed by atoms with Gasteiger partial charge in [0, 0.05) is 24.5 Å². The maximum Gasteiger partial charge on any atom is 0.329 e. The fraction of sp³-hybridized carbons (Fsp3) is 0.417. The van der Waals surface area contributed by atoms with Gasteiger partial charge < -0.3 is 20.5 Å². The molecule has 1 spiro atoms. The lowest BCUT2D eigenvalue weighted by Gasteiger charge is -2.49. The van der Waals surface area contributed by atoms with Crippen LogP contribution in [0.4, 0.5) is 5.69 Å². The number of amides is 1. The normalized spacial score (nSPS) is 17.8. The number of carbonyl (C=O) groups excluding carboxylic acids is 1. The Bertz CT molecular complexity index is 1150. The number of nitrogens with one attached hydrogen (secondary N) is 2. The van der Waals surface area contributed by atoms with E-state index in [1.165, 1.54) is 18.6 Å². The van der Waals surface area contributed by atoms with Crippen LogP contribution < -0.4 is 10.6 Å². The molecule has 3 N–H and O–H groups in total. The van der Waals surface area contributed by atoms with Crippen LogP contribution in [-0.4, -0.2) is 38.1 Å². The summed E-state index contributed by atoms with van der Waals surface area (Å²) in [6.45, 7) is 1.83. The van der Waals surface area contributed by atoms with E-state index in [9.17, 15) is 14.7 Å². The Labute approximate surface area is 233 Å². The van der Waals surface area contributed by atoms with Crippen molar-refractivity contribution in [3.63, 3.8) is 0 Å². The summed E-state index contributed by atoms with van der Waals surface area (Å²) < 4.78 is 6.54. The van der Waals surface area contributed by atoms with Crippen LogP contribution in [0.5, 0.6) is 0 Å². The lowest BCUT2D eigenvalue weighted by Crippen LogP contribution is -2.60. The summed E-state index contributed by atoms with van der Waals surface area (Å²) in [6.07, 6.45) is 9.60. The first-order valence-electron chi connectivity index (χ1n) is 11.4. The van der Waals surface area contributed by atoms with E-state index in [-0.39, 0.29) is 34.4 Å². The molecule has 194 valence electrons. The van der Waals surface area contributed by atoms with Crippen molar-refractivity contribution in [2.24, 2.45) is 0 Å². The van der Waals surface area contributed by atoms with E-state index in [1.807, 2.05) is 6.92 Å². The van der Waals surface area contributed by atoms with Crippen LogP contribution in [0.3, 0.4) is 0 Å². The number of aromatic nitrogens is 2. The van der Waals surface area contributed by atoms with Gasteiger partial charge in [0.1, 0.15) is 11.2 Å². The largest absolute Gasteiger partial charge is 0.479 e. The lowest BCUT2D eigenvalue weighted by atomic mass is 9.78. The highest BCUT2D eigenvalue weighted by atomic mass is 79.9. The van der Waals surface area contributed by atoms with Crippen molar-refractivity contribution in [2.45, 2.75) is 63.0 Å². The van der Waals surface area contributed by atoms with E-state index in [0.717, 1.165) is 37.8 Å². The molecule has 1 fully saturated rings. The topological polar surface area (TPSA) is 113 Å². The summed E-state index contributed by atoms with van der Waals surface area (Å²) in [7, 11) is 0. The molecule has 0 bridgehead atoms. The van der Waals surface area contributed by atoms with Crippen molar-refractivity contribution in [2.75, 3.05) is 5.32 Å². The number of ether oxygens (including phenoxy) is 1. The van der Waals surface area contributed by atoms with Crippen LogP contribution in [0.2, 0.25) is 10.0 Å². The molecular weight excluding hydrogens is 595 g/mol. The van der Waals surface area contributed by atoms with Crippen LogP contribution in [0.15, 0.2) is 41.1 Å². The standard InChI is InChI=1S/C24H25BrCl2N4O4.ClH/c1-2-23(22(33)34,31-19-20(25)35-24(19)8-4-3-5-9-24)10-14-6-7-15(11-29-14)30-21(32)18-16(26)12-28-13-17(18)27;/h6-7,11-13,31H,2-5,8-10H2,1H3,(H,30,32)(H,33,34);1H/t23-;/m0./s1. The average molecular weight is 621 g/mol. The van der Waals surface area contributed by atoms with E-state index in [0.29, 0.717) is 22.5 Å². The quantitative estimate of drug-likeness (QED) is 0.326. The highest BCUT2D eigenvalue weighted by molar-refractivity contribution is 9.11. The first kappa shape index (κ1) is 28.5. The number of halogens is 4. The molecule has 4 rings (SSSR count). The van der Waals surface area contributed by atoms with Crippen molar-refractivity contribution in [1.29, 1.82) is 0 Å². The predicted octanol–water partition coefficient (Wildman–Crippen LogP) is 6.12. The van der Waals surface area contributed by atoms with Crippen LogP contribution in [0.1, 0.15) is 61.5 Å². The molecule has 1 atom stereocenters. The Kier molecular flexibility index (Phi) is 9.14. The number of carbonyl (C=O) groups is 2. The zero-order valence-corrected chi connectivity index (χ0v) is 23.4. The van der Waals surface area contributed by atoms with Crippen LogP contribution >= 0.6 is 51.5 Å². The zero-order valence-electron chi connectivity index (χ0n) is 19.4. The number of hydrogen-bond acceptors (Lipinski definition) is 6. The van der Waals surface area contributed by atoms with Crippen molar-refractivity contribution in [3.8, 4) is 0 Å². The Morgan fingerprint density at radius 2 is 1.83 bits per heavy atom. The maximum absolute atomic E-state index is 12.6. The highest BCUT2D eigenvalue weighted by Crippen LogP contribution is 2.49. The molecule has 1 saturated carbocycles. The van der Waals surface area contributed by atoms with Crippen molar-refractivity contribution < 1.29 is 19.4 Å². The van der Waals surface area contributed by atoms with Gasteiger partial charge in [0.15, 0.2) is 10.3 Å². The van der Waals surface area contributed by atoms with Crippen molar-refractivity contribution in [1.82, 2.24) is 15.3 Å².